The van der Waals surface area contributed by atoms with Crippen LogP contribution in [-0.2, 0) is 14.8 Å². The number of carbonyl (C=O) groups excluding carboxylic acids is 1. The zero-order valence-electron chi connectivity index (χ0n) is 15.2. The van der Waals surface area contributed by atoms with Gasteiger partial charge in [0.15, 0.2) is 0 Å². The van der Waals surface area contributed by atoms with Crippen molar-refractivity contribution in [2.24, 2.45) is 0 Å². The average Bonchev–Trinajstić information content (AvgIpc) is 2.61. The van der Waals surface area contributed by atoms with Crippen molar-refractivity contribution in [1.29, 1.82) is 0 Å². The van der Waals surface area contributed by atoms with Gasteiger partial charge in [-0.25, -0.2) is 8.42 Å². The van der Waals surface area contributed by atoms with E-state index in [0.29, 0.717) is 5.69 Å². The molecular weight excluding hydrogens is 364 g/mol. The fraction of sp³-hybridized carbons (Fsp3) is 0.350. The van der Waals surface area contributed by atoms with Crippen LogP contribution >= 0.6 is 0 Å². The van der Waals surface area contributed by atoms with Crippen LogP contribution in [0.15, 0.2) is 53.4 Å². The minimum Gasteiger partial charge on any atom is -0.394 e. The van der Waals surface area contributed by atoms with Crippen molar-refractivity contribution in [2.75, 3.05) is 17.5 Å². The van der Waals surface area contributed by atoms with Gasteiger partial charge in [0, 0.05) is 12.8 Å². The highest BCUT2D eigenvalue weighted by molar-refractivity contribution is 7.92. The Hall–Kier alpha value is -2.38. The average molecular weight is 386 g/mol. The molecule has 1 N–H and O–H groups in total. The van der Waals surface area contributed by atoms with E-state index in [1.807, 2.05) is 31.2 Å². The number of amides is 1. The van der Waals surface area contributed by atoms with E-state index >= 15 is 0 Å². The molecule has 1 amide bonds. The second kappa shape index (κ2) is 6.35. The van der Waals surface area contributed by atoms with E-state index in [-0.39, 0.29) is 42.0 Å². The molecule has 2 heterocycles. The molecule has 0 aliphatic carbocycles. The number of benzene rings is 2. The standard InChI is InChI=1S/C20H22N2O4S/c1-13-6-5-7-15(10-13)27(25,26)21-11-18-20(16-8-3-4-9-17(16)21)19(12-23)22(18)14(2)24/h3-10,18-20,23H,11-12H2,1-2H3/t18-,19+,20+/m0/s1. The molecule has 0 radical (unpaired) electrons. The first-order chi connectivity index (χ1) is 12.9. The van der Waals surface area contributed by atoms with Crippen molar-refractivity contribution in [2.45, 2.75) is 36.7 Å². The van der Waals surface area contributed by atoms with Crippen molar-refractivity contribution < 1.29 is 18.3 Å². The van der Waals surface area contributed by atoms with Gasteiger partial charge in [-0.2, -0.15) is 0 Å². The van der Waals surface area contributed by atoms with E-state index in [4.69, 9.17) is 0 Å². The SMILES string of the molecule is CC(=O)N1[C@H](CO)[C@@H]2c3ccccc3N(S(=O)(=O)c3cccc(C)c3)C[C@@H]21. The predicted molar refractivity (Wildman–Crippen MR) is 102 cm³/mol. The Kier molecular flexibility index (Phi) is 4.24. The number of nitrogens with zero attached hydrogens (tertiary/aromatic N) is 2. The van der Waals surface area contributed by atoms with Gasteiger partial charge >= 0.3 is 0 Å². The van der Waals surface area contributed by atoms with Crippen LogP contribution in [0.1, 0.15) is 24.0 Å². The van der Waals surface area contributed by atoms with Gasteiger partial charge in [-0.3, -0.25) is 9.10 Å². The van der Waals surface area contributed by atoms with Crippen LogP contribution in [0.4, 0.5) is 5.69 Å². The molecule has 0 aromatic heterocycles. The first kappa shape index (κ1) is 18.0. The van der Waals surface area contributed by atoms with Gasteiger partial charge in [-0.1, -0.05) is 30.3 Å². The normalized spacial score (nSPS) is 24.0. The molecule has 1 saturated heterocycles. The van der Waals surface area contributed by atoms with Gasteiger partial charge in [-0.05, 0) is 36.2 Å². The number of anilines is 1. The van der Waals surface area contributed by atoms with E-state index < -0.39 is 10.0 Å². The van der Waals surface area contributed by atoms with Crippen LogP contribution < -0.4 is 4.31 Å². The van der Waals surface area contributed by atoms with Gasteiger partial charge in [0.1, 0.15) is 0 Å². The van der Waals surface area contributed by atoms with Crippen molar-refractivity contribution in [1.82, 2.24) is 4.90 Å². The van der Waals surface area contributed by atoms with Crippen LogP contribution in [0, 0.1) is 6.92 Å². The number of aryl methyl sites for hydroxylation is 1. The maximum Gasteiger partial charge on any atom is 0.264 e. The molecule has 2 aromatic carbocycles. The third-order valence-electron chi connectivity index (χ3n) is 5.59. The molecule has 0 saturated carbocycles. The molecule has 0 spiro atoms. The molecule has 7 heteroatoms. The Labute approximate surface area is 159 Å². The summed E-state index contributed by atoms with van der Waals surface area (Å²) in [4.78, 5) is 13.9. The fourth-order valence-electron chi connectivity index (χ4n) is 4.43. The lowest BCUT2D eigenvalue weighted by molar-refractivity contribution is -0.147. The zero-order valence-corrected chi connectivity index (χ0v) is 16.1. The van der Waals surface area contributed by atoms with Crippen molar-refractivity contribution in [3.05, 3.63) is 59.7 Å². The van der Waals surface area contributed by atoms with Gasteiger partial charge < -0.3 is 10.0 Å². The second-order valence-corrected chi connectivity index (χ2v) is 9.04. The lowest BCUT2D eigenvalue weighted by Gasteiger charge is -2.58. The lowest BCUT2D eigenvalue weighted by Crippen LogP contribution is -2.70. The summed E-state index contributed by atoms with van der Waals surface area (Å²) in [5.74, 6) is -0.207. The molecule has 1 fully saturated rings. The molecule has 3 atom stereocenters. The fourth-order valence-corrected chi connectivity index (χ4v) is 6.04. The number of para-hydroxylation sites is 1. The summed E-state index contributed by atoms with van der Waals surface area (Å²) in [5.41, 5.74) is 2.36. The minimum atomic E-state index is -3.76. The number of hydrogen-bond acceptors (Lipinski definition) is 4. The first-order valence-electron chi connectivity index (χ1n) is 8.94. The molecular formula is C20H22N2O4S. The van der Waals surface area contributed by atoms with E-state index in [1.165, 1.54) is 11.2 Å². The number of rotatable bonds is 3. The summed E-state index contributed by atoms with van der Waals surface area (Å²) < 4.78 is 28.2. The largest absolute Gasteiger partial charge is 0.394 e. The summed E-state index contributed by atoms with van der Waals surface area (Å²) in [6.07, 6.45) is 0. The molecule has 142 valence electrons. The molecule has 27 heavy (non-hydrogen) atoms. The van der Waals surface area contributed by atoms with E-state index in [1.54, 1.807) is 29.2 Å². The smallest absolute Gasteiger partial charge is 0.264 e. The summed E-state index contributed by atoms with van der Waals surface area (Å²) >= 11 is 0. The Morgan fingerprint density at radius 2 is 1.93 bits per heavy atom. The van der Waals surface area contributed by atoms with E-state index in [0.717, 1.165) is 11.1 Å². The Bertz CT molecular complexity index is 1000. The summed E-state index contributed by atoms with van der Waals surface area (Å²) in [6.45, 7) is 3.36. The quantitative estimate of drug-likeness (QED) is 0.874. The highest BCUT2D eigenvalue weighted by Gasteiger charge is 2.55. The van der Waals surface area contributed by atoms with Crippen molar-refractivity contribution in [3.8, 4) is 0 Å². The molecule has 2 aliphatic rings. The van der Waals surface area contributed by atoms with Crippen molar-refractivity contribution >= 4 is 21.6 Å². The van der Waals surface area contributed by atoms with Gasteiger partial charge in [0.25, 0.3) is 10.0 Å². The highest BCUT2D eigenvalue weighted by atomic mass is 32.2. The Morgan fingerprint density at radius 3 is 2.59 bits per heavy atom. The number of carbonyl (C=O) groups is 1. The molecule has 4 rings (SSSR count). The molecule has 0 unspecified atom stereocenters. The number of aliphatic hydroxyl groups is 1. The van der Waals surface area contributed by atoms with E-state index in [9.17, 15) is 18.3 Å². The highest BCUT2D eigenvalue weighted by Crippen LogP contribution is 2.49. The third kappa shape index (κ3) is 2.64. The number of fused-ring (bicyclic) bond motifs is 3. The number of hydrogen-bond donors (Lipinski definition) is 1. The lowest BCUT2D eigenvalue weighted by atomic mass is 9.72. The van der Waals surface area contributed by atoms with Crippen LogP contribution in [0.2, 0.25) is 0 Å². The predicted octanol–water partition coefficient (Wildman–Crippen LogP) is 1.88. The maximum atomic E-state index is 13.4. The Balaban J connectivity index is 1.83. The Morgan fingerprint density at radius 1 is 1.19 bits per heavy atom. The van der Waals surface area contributed by atoms with E-state index in [2.05, 4.69) is 0 Å². The first-order valence-corrected chi connectivity index (χ1v) is 10.4. The molecule has 2 aliphatic heterocycles. The number of aliphatic hydroxyl groups excluding tert-OH is 1. The maximum absolute atomic E-state index is 13.4. The van der Waals surface area contributed by atoms with Crippen molar-refractivity contribution in [3.63, 3.8) is 0 Å². The third-order valence-corrected chi connectivity index (χ3v) is 7.37. The monoisotopic (exact) mass is 386 g/mol. The molecule has 6 nitrogen and oxygen atoms in total. The summed E-state index contributed by atoms with van der Waals surface area (Å²) in [6, 6.07) is 13.6. The van der Waals surface area contributed by atoms with Gasteiger partial charge in [0.05, 0.1) is 35.8 Å². The summed E-state index contributed by atoms with van der Waals surface area (Å²) in [7, 11) is -3.76. The summed E-state index contributed by atoms with van der Waals surface area (Å²) in [5, 5.41) is 9.78. The topological polar surface area (TPSA) is 77.9 Å². The molecule has 2 aromatic rings. The molecule has 0 bridgehead atoms. The zero-order chi connectivity index (χ0) is 19.3. The number of sulfonamides is 1. The van der Waals surface area contributed by atoms with Gasteiger partial charge in [-0.15, -0.1) is 0 Å². The van der Waals surface area contributed by atoms with Crippen LogP contribution in [0.5, 0.6) is 0 Å². The van der Waals surface area contributed by atoms with Crippen LogP contribution in [-0.4, -0.2) is 49.6 Å². The number of likely N-dealkylation sites (tertiary alicyclic amines) is 1. The van der Waals surface area contributed by atoms with Crippen LogP contribution in [0.3, 0.4) is 0 Å². The van der Waals surface area contributed by atoms with Gasteiger partial charge in [0.2, 0.25) is 5.91 Å². The van der Waals surface area contributed by atoms with Crippen LogP contribution in [0.25, 0.3) is 0 Å². The minimum absolute atomic E-state index is 0.0564. The second-order valence-electron chi connectivity index (χ2n) is 7.18.